The second kappa shape index (κ2) is 2.23. The smallest absolute Gasteiger partial charge is 0.270 e. The SMILES string of the molecule is O=C1NCc2cc(S)cnc21. The summed E-state index contributed by atoms with van der Waals surface area (Å²) < 4.78 is 0. The van der Waals surface area contributed by atoms with Crippen molar-refractivity contribution in [3.05, 3.63) is 23.5 Å². The van der Waals surface area contributed by atoms with Gasteiger partial charge in [-0.25, -0.2) is 4.98 Å². The van der Waals surface area contributed by atoms with Crippen molar-refractivity contribution in [2.24, 2.45) is 0 Å². The fourth-order valence-corrected chi connectivity index (χ4v) is 1.31. The molecule has 2 heterocycles. The van der Waals surface area contributed by atoms with Crippen LogP contribution in [0.15, 0.2) is 17.2 Å². The number of rotatable bonds is 0. The lowest BCUT2D eigenvalue weighted by atomic mass is 10.2. The topological polar surface area (TPSA) is 42.0 Å². The van der Waals surface area contributed by atoms with Gasteiger partial charge in [0.05, 0.1) is 0 Å². The Balaban J connectivity index is 2.59. The lowest BCUT2D eigenvalue weighted by Gasteiger charge is -1.93. The van der Waals surface area contributed by atoms with Crippen molar-refractivity contribution in [3.63, 3.8) is 0 Å². The lowest BCUT2D eigenvalue weighted by Crippen LogP contribution is -2.13. The molecule has 1 aliphatic rings. The van der Waals surface area contributed by atoms with E-state index < -0.39 is 0 Å². The summed E-state index contributed by atoms with van der Waals surface area (Å²) in [5.41, 5.74) is 1.46. The average Bonchev–Trinajstić information content (AvgIpc) is 2.32. The quantitative estimate of drug-likeness (QED) is 0.554. The summed E-state index contributed by atoms with van der Waals surface area (Å²) in [6.07, 6.45) is 1.58. The number of thiol groups is 1. The van der Waals surface area contributed by atoms with E-state index in [0.717, 1.165) is 10.5 Å². The maximum Gasteiger partial charge on any atom is 0.270 e. The molecule has 0 radical (unpaired) electrons. The first-order valence-electron chi connectivity index (χ1n) is 3.23. The van der Waals surface area contributed by atoms with Crippen molar-refractivity contribution in [2.45, 2.75) is 11.4 Å². The van der Waals surface area contributed by atoms with Crippen LogP contribution in [0, 0.1) is 0 Å². The first kappa shape index (κ1) is 6.67. The molecule has 0 saturated carbocycles. The van der Waals surface area contributed by atoms with Crippen molar-refractivity contribution < 1.29 is 4.79 Å². The van der Waals surface area contributed by atoms with Gasteiger partial charge in [0.15, 0.2) is 0 Å². The van der Waals surface area contributed by atoms with E-state index in [2.05, 4.69) is 22.9 Å². The third-order valence-electron chi connectivity index (χ3n) is 1.61. The number of fused-ring (bicyclic) bond motifs is 1. The molecule has 2 rings (SSSR count). The molecule has 1 aromatic heterocycles. The highest BCUT2D eigenvalue weighted by atomic mass is 32.1. The van der Waals surface area contributed by atoms with Crippen molar-refractivity contribution in [3.8, 4) is 0 Å². The van der Waals surface area contributed by atoms with Crippen LogP contribution in [0.4, 0.5) is 0 Å². The monoisotopic (exact) mass is 166 g/mol. The molecule has 0 aliphatic carbocycles. The van der Waals surface area contributed by atoms with Gasteiger partial charge in [-0.1, -0.05) is 0 Å². The first-order chi connectivity index (χ1) is 5.27. The van der Waals surface area contributed by atoms with E-state index in [9.17, 15) is 4.79 Å². The van der Waals surface area contributed by atoms with Gasteiger partial charge in [-0.05, 0) is 6.07 Å². The van der Waals surface area contributed by atoms with Gasteiger partial charge >= 0.3 is 0 Å². The third-order valence-corrected chi connectivity index (χ3v) is 1.85. The van der Waals surface area contributed by atoms with Gasteiger partial charge in [-0.3, -0.25) is 4.79 Å². The molecule has 0 unspecified atom stereocenters. The molecular weight excluding hydrogens is 160 g/mol. The van der Waals surface area contributed by atoms with E-state index in [1.54, 1.807) is 6.20 Å². The van der Waals surface area contributed by atoms with E-state index in [-0.39, 0.29) is 5.91 Å². The average molecular weight is 166 g/mol. The molecule has 0 aromatic carbocycles. The van der Waals surface area contributed by atoms with Crippen molar-refractivity contribution >= 4 is 18.5 Å². The van der Waals surface area contributed by atoms with Crippen molar-refractivity contribution in [1.29, 1.82) is 0 Å². The molecule has 0 fully saturated rings. The van der Waals surface area contributed by atoms with Gasteiger partial charge in [0.1, 0.15) is 5.69 Å². The maximum absolute atomic E-state index is 11.0. The number of pyridine rings is 1. The standard InChI is InChI=1S/C7H6N2OS/c10-7-6-4(2-9-7)1-5(11)3-8-6/h1,3,11H,2H2,(H,9,10). The summed E-state index contributed by atoms with van der Waals surface area (Å²) in [4.78, 5) is 15.7. The molecule has 56 valence electrons. The van der Waals surface area contributed by atoms with Gasteiger partial charge < -0.3 is 5.32 Å². The Bertz CT molecular complexity index is 324. The van der Waals surface area contributed by atoms with Gasteiger partial charge in [0.2, 0.25) is 0 Å². The number of nitrogens with one attached hydrogen (secondary N) is 1. The number of nitrogens with zero attached hydrogens (tertiary/aromatic N) is 1. The fourth-order valence-electron chi connectivity index (χ4n) is 1.10. The number of carbonyl (C=O) groups is 1. The zero-order valence-electron chi connectivity index (χ0n) is 5.66. The van der Waals surface area contributed by atoms with Gasteiger partial charge in [0.25, 0.3) is 5.91 Å². The van der Waals surface area contributed by atoms with Gasteiger partial charge in [0, 0.05) is 23.2 Å². The van der Waals surface area contributed by atoms with E-state index in [4.69, 9.17) is 0 Å². The lowest BCUT2D eigenvalue weighted by molar-refractivity contribution is 0.0961. The van der Waals surface area contributed by atoms with Gasteiger partial charge in [-0.2, -0.15) is 0 Å². The zero-order chi connectivity index (χ0) is 7.84. The predicted octanol–water partition coefficient (Wildman–Crippen LogP) is 0.614. The minimum atomic E-state index is -0.0895. The third kappa shape index (κ3) is 0.991. The Kier molecular flexibility index (Phi) is 1.35. The molecular formula is C7H6N2OS. The Morgan fingerprint density at radius 2 is 2.45 bits per heavy atom. The van der Waals surface area contributed by atoms with E-state index in [1.165, 1.54) is 0 Å². The van der Waals surface area contributed by atoms with E-state index >= 15 is 0 Å². The Labute approximate surface area is 69.2 Å². The highest BCUT2D eigenvalue weighted by molar-refractivity contribution is 7.80. The summed E-state index contributed by atoms with van der Waals surface area (Å²) >= 11 is 4.11. The van der Waals surface area contributed by atoms with Crippen LogP contribution in [0.5, 0.6) is 0 Å². The predicted molar refractivity (Wildman–Crippen MR) is 42.7 cm³/mol. The summed E-state index contributed by atoms with van der Waals surface area (Å²) in [5, 5.41) is 2.68. The Morgan fingerprint density at radius 3 is 3.27 bits per heavy atom. The van der Waals surface area contributed by atoms with Crippen molar-refractivity contribution in [1.82, 2.24) is 10.3 Å². The molecule has 1 N–H and O–H groups in total. The molecule has 3 nitrogen and oxygen atoms in total. The van der Waals surface area contributed by atoms with Crippen LogP contribution < -0.4 is 5.32 Å². The molecule has 0 atom stereocenters. The van der Waals surface area contributed by atoms with Crippen LogP contribution >= 0.6 is 12.6 Å². The molecule has 1 amide bonds. The Hall–Kier alpha value is -1.03. The molecule has 0 bridgehead atoms. The number of hydrogen-bond acceptors (Lipinski definition) is 3. The normalized spacial score (nSPS) is 14.5. The second-order valence-corrected chi connectivity index (χ2v) is 2.90. The maximum atomic E-state index is 11.0. The molecule has 11 heavy (non-hydrogen) atoms. The molecule has 1 aliphatic heterocycles. The van der Waals surface area contributed by atoms with Crippen LogP contribution in [0.3, 0.4) is 0 Å². The number of amides is 1. The van der Waals surface area contributed by atoms with E-state index in [1.807, 2.05) is 6.07 Å². The molecule has 0 saturated heterocycles. The fraction of sp³-hybridized carbons (Fsp3) is 0.143. The Morgan fingerprint density at radius 1 is 1.64 bits per heavy atom. The highest BCUT2D eigenvalue weighted by Crippen LogP contribution is 2.15. The number of hydrogen-bond donors (Lipinski definition) is 2. The minimum absolute atomic E-state index is 0.0895. The van der Waals surface area contributed by atoms with Crippen LogP contribution in [0.25, 0.3) is 0 Å². The minimum Gasteiger partial charge on any atom is -0.347 e. The largest absolute Gasteiger partial charge is 0.347 e. The van der Waals surface area contributed by atoms with Crippen molar-refractivity contribution in [2.75, 3.05) is 0 Å². The molecule has 4 heteroatoms. The van der Waals surface area contributed by atoms with Crippen LogP contribution in [0.2, 0.25) is 0 Å². The molecule has 0 spiro atoms. The summed E-state index contributed by atoms with van der Waals surface area (Å²) in [6, 6.07) is 1.85. The van der Waals surface area contributed by atoms with Crippen LogP contribution in [-0.2, 0) is 6.54 Å². The second-order valence-electron chi connectivity index (χ2n) is 2.38. The number of aromatic nitrogens is 1. The zero-order valence-corrected chi connectivity index (χ0v) is 6.56. The number of carbonyl (C=O) groups excluding carboxylic acids is 1. The van der Waals surface area contributed by atoms with Crippen LogP contribution in [-0.4, -0.2) is 10.9 Å². The van der Waals surface area contributed by atoms with E-state index in [0.29, 0.717) is 12.2 Å². The first-order valence-corrected chi connectivity index (χ1v) is 3.68. The van der Waals surface area contributed by atoms with Crippen LogP contribution in [0.1, 0.15) is 16.1 Å². The molecule has 1 aromatic rings. The summed E-state index contributed by atoms with van der Waals surface area (Å²) in [7, 11) is 0. The highest BCUT2D eigenvalue weighted by Gasteiger charge is 2.19. The summed E-state index contributed by atoms with van der Waals surface area (Å²) in [5.74, 6) is -0.0895. The summed E-state index contributed by atoms with van der Waals surface area (Å²) in [6.45, 7) is 0.579. The van der Waals surface area contributed by atoms with Gasteiger partial charge in [-0.15, -0.1) is 12.6 Å².